The van der Waals surface area contributed by atoms with Crippen molar-refractivity contribution in [3.63, 3.8) is 0 Å². The fraction of sp³-hybridized carbons (Fsp3) is 0.667. The van der Waals surface area contributed by atoms with Gasteiger partial charge in [0.05, 0.1) is 10.7 Å². The number of rotatable bonds is 1. The van der Waals surface area contributed by atoms with Crippen molar-refractivity contribution in [1.82, 2.24) is 4.98 Å². The third kappa shape index (κ3) is 1.00. The molecule has 2 rings (SSSR count). The SMILES string of the molecule is Cc1nc([C@@H]2[C@@H](N)C2(C)C)cs1. The summed E-state index contributed by atoms with van der Waals surface area (Å²) in [6, 6.07) is 0.305. The molecule has 1 aromatic rings. The van der Waals surface area contributed by atoms with Crippen molar-refractivity contribution in [2.45, 2.75) is 32.7 Å². The second-order valence-corrected chi connectivity index (χ2v) is 5.18. The van der Waals surface area contributed by atoms with E-state index in [0.29, 0.717) is 12.0 Å². The van der Waals surface area contributed by atoms with Gasteiger partial charge in [0.15, 0.2) is 0 Å². The molecule has 2 atom stereocenters. The molecule has 66 valence electrons. The third-order valence-electron chi connectivity index (χ3n) is 2.87. The minimum atomic E-state index is 0.264. The first-order valence-electron chi connectivity index (χ1n) is 4.21. The lowest BCUT2D eigenvalue weighted by Crippen LogP contribution is -2.06. The van der Waals surface area contributed by atoms with Gasteiger partial charge < -0.3 is 5.73 Å². The van der Waals surface area contributed by atoms with Gasteiger partial charge in [-0.2, -0.15) is 0 Å². The molecule has 1 heterocycles. The van der Waals surface area contributed by atoms with Gasteiger partial charge in [-0.3, -0.25) is 0 Å². The molecule has 1 aliphatic rings. The molecule has 0 spiro atoms. The number of aromatic nitrogens is 1. The van der Waals surface area contributed by atoms with E-state index in [4.69, 9.17) is 5.73 Å². The van der Waals surface area contributed by atoms with Crippen LogP contribution < -0.4 is 5.73 Å². The van der Waals surface area contributed by atoms with Crippen molar-refractivity contribution in [3.8, 4) is 0 Å². The van der Waals surface area contributed by atoms with Crippen molar-refractivity contribution < 1.29 is 0 Å². The number of hydrogen-bond acceptors (Lipinski definition) is 3. The smallest absolute Gasteiger partial charge is 0.0897 e. The van der Waals surface area contributed by atoms with Gasteiger partial charge in [-0.15, -0.1) is 11.3 Å². The quantitative estimate of drug-likeness (QED) is 0.720. The lowest BCUT2D eigenvalue weighted by atomic mass is 10.1. The highest BCUT2D eigenvalue weighted by Gasteiger charge is 2.57. The van der Waals surface area contributed by atoms with Crippen LogP contribution in [-0.2, 0) is 0 Å². The van der Waals surface area contributed by atoms with Crippen LogP contribution in [0.5, 0.6) is 0 Å². The van der Waals surface area contributed by atoms with Crippen molar-refractivity contribution in [1.29, 1.82) is 0 Å². The maximum Gasteiger partial charge on any atom is 0.0897 e. The maximum atomic E-state index is 5.95. The Balaban J connectivity index is 2.24. The predicted octanol–water partition coefficient (Wildman–Crippen LogP) is 1.90. The lowest BCUT2D eigenvalue weighted by Gasteiger charge is -1.97. The third-order valence-corrected chi connectivity index (χ3v) is 3.66. The molecule has 1 aromatic heterocycles. The minimum absolute atomic E-state index is 0.264. The van der Waals surface area contributed by atoms with Gasteiger partial charge in [-0.1, -0.05) is 13.8 Å². The zero-order valence-electron chi connectivity index (χ0n) is 7.66. The van der Waals surface area contributed by atoms with Crippen LogP contribution in [0.1, 0.15) is 30.5 Å². The zero-order chi connectivity index (χ0) is 8.93. The fourth-order valence-electron chi connectivity index (χ4n) is 1.77. The Morgan fingerprint density at radius 3 is 2.50 bits per heavy atom. The first-order valence-corrected chi connectivity index (χ1v) is 5.09. The van der Waals surface area contributed by atoms with Gasteiger partial charge in [0, 0.05) is 17.3 Å². The van der Waals surface area contributed by atoms with Gasteiger partial charge >= 0.3 is 0 Å². The molecule has 1 fully saturated rings. The molecule has 0 aromatic carbocycles. The van der Waals surface area contributed by atoms with Gasteiger partial charge in [-0.05, 0) is 12.3 Å². The van der Waals surface area contributed by atoms with E-state index in [0.717, 1.165) is 5.01 Å². The van der Waals surface area contributed by atoms with Crippen LogP contribution in [-0.4, -0.2) is 11.0 Å². The average molecular weight is 182 g/mol. The van der Waals surface area contributed by atoms with Crippen LogP contribution in [0.4, 0.5) is 0 Å². The summed E-state index contributed by atoms with van der Waals surface area (Å²) in [6.07, 6.45) is 0. The van der Waals surface area contributed by atoms with Gasteiger partial charge in [0.25, 0.3) is 0 Å². The van der Waals surface area contributed by atoms with Gasteiger partial charge in [0.2, 0.25) is 0 Å². The summed E-state index contributed by atoms with van der Waals surface area (Å²) in [5, 5.41) is 3.27. The normalized spacial score (nSPS) is 32.0. The molecule has 0 saturated heterocycles. The Bertz CT molecular complexity index is 303. The summed E-state index contributed by atoms with van der Waals surface area (Å²) >= 11 is 1.71. The second kappa shape index (κ2) is 2.30. The van der Waals surface area contributed by atoms with Crippen LogP contribution in [0.3, 0.4) is 0 Å². The topological polar surface area (TPSA) is 38.9 Å². The minimum Gasteiger partial charge on any atom is -0.327 e. The first-order chi connectivity index (χ1) is 5.53. The van der Waals surface area contributed by atoms with Crippen molar-refractivity contribution in [2.75, 3.05) is 0 Å². The molecule has 0 unspecified atom stereocenters. The summed E-state index contributed by atoms with van der Waals surface area (Å²) < 4.78 is 0. The molecule has 3 heteroatoms. The Morgan fingerprint density at radius 2 is 2.17 bits per heavy atom. The monoisotopic (exact) mass is 182 g/mol. The number of nitrogens with two attached hydrogens (primary N) is 1. The number of hydrogen-bond donors (Lipinski definition) is 1. The predicted molar refractivity (Wildman–Crippen MR) is 51.3 cm³/mol. The molecule has 1 saturated carbocycles. The Morgan fingerprint density at radius 1 is 1.58 bits per heavy atom. The van der Waals surface area contributed by atoms with E-state index in [-0.39, 0.29) is 5.41 Å². The highest BCUT2D eigenvalue weighted by atomic mass is 32.1. The summed E-state index contributed by atoms with van der Waals surface area (Å²) in [4.78, 5) is 4.46. The molecule has 0 bridgehead atoms. The van der Waals surface area contributed by atoms with Crippen LogP contribution in [0, 0.1) is 12.3 Å². The average Bonchev–Trinajstić information content (AvgIpc) is 2.38. The summed E-state index contributed by atoms with van der Waals surface area (Å²) in [5.41, 5.74) is 7.40. The van der Waals surface area contributed by atoms with Crippen molar-refractivity contribution in [3.05, 3.63) is 16.1 Å². The molecule has 2 nitrogen and oxygen atoms in total. The number of aryl methyl sites for hydroxylation is 1. The molecule has 12 heavy (non-hydrogen) atoms. The molecule has 0 amide bonds. The Hall–Kier alpha value is -0.410. The molecule has 0 aliphatic heterocycles. The largest absolute Gasteiger partial charge is 0.327 e. The van der Waals surface area contributed by atoms with Gasteiger partial charge in [-0.25, -0.2) is 4.98 Å². The molecule has 0 radical (unpaired) electrons. The lowest BCUT2D eigenvalue weighted by molar-refractivity contribution is 0.596. The number of thiazole rings is 1. The van der Waals surface area contributed by atoms with E-state index < -0.39 is 0 Å². The van der Waals surface area contributed by atoms with E-state index in [2.05, 4.69) is 24.2 Å². The zero-order valence-corrected chi connectivity index (χ0v) is 8.48. The molecule has 2 N–H and O–H groups in total. The standard InChI is InChI=1S/C9H14N2S/c1-5-11-6(4-12-5)7-8(10)9(7,2)3/h4,7-8H,10H2,1-3H3/t7-,8-/m1/s1. The highest BCUT2D eigenvalue weighted by molar-refractivity contribution is 7.09. The Kier molecular flexibility index (Phi) is 1.57. The Labute approximate surface area is 76.8 Å². The van der Waals surface area contributed by atoms with E-state index in [1.165, 1.54) is 5.69 Å². The highest BCUT2D eigenvalue weighted by Crippen LogP contribution is 2.57. The maximum absolute atomic E-state index is 5.95. The van der Waals surface area contributed by atoms with Crippen LogP contribution in [0.15, 0.2) is 5.38 Å². The summed E-state index contributed by atoms with van der Waals surface area (Å²) in [5.74, 6) is 0.488. The van der Waals surface area contributed by atoms with Crippen molar-refractivity contribution in [2.24, 2.45) is 11.1 Å². The van der Waals surface area contributed by atoms with Crippen LogP contribution in [0.25, 0.3) is 0 Å². The van der Waals surface area contributed by atoms with E-state index in [1.807, 2.05) is 6.92 Å². The van der Waals surface area contributed by atoms with Gasteiger partial charge in [0.1, 0.15) is 0 Å². The summed E-state index contributed by atoms with van der Waals surface area (Å²) in [6.45, 7) is 6.45. The van der Waals surface area contributed by atoms with E-state index >= 15 is 0 Å². The number of nitrogens with zero attached hydrogens (tertiary/aromatic N) is 1. The van der Waals surface area contributed by atoms with Crippen LogP contribution >= 0.6 is 11.3 Å². The molecular weight excluding hydrogens is 168 g/mol. The van der Waals surface area contributed by atoms with Crippen LogP contribution in [0.2, 0.25) is 0 Å². The summed E-state index contributed by atoms with van der Waals surface area (Å²) in [7, 11) is 0. The molecule has 1 aliphatic carbocycles. The van der Waals surface area contributed by atoms with E-state index in [1.54, 1.807) is 11.3 Å². The second-order valence-electron chi connectivity index (χ2n) is 4.12. The fourth-order valence-corrected chi connectivity index (χ4v) is 2.41. The van der Waals surface area contributed by atoms with E-state index in [9.17, 15) is 0 Å². The molecular formula is C9H14N2S. The first kappa shape index (κ1) is 8.20. The van der Waals surface area contributed by atoms with Crippen molar-refractivity contribution >= 4 is 11.3 Å².